The first kappa shape index (κ1) is 16.3. The Kier molecular flexibility index (Phi) is 3.94. The molecule has 0 atom stereocenters. The Morgan fingerprint density at radius 2 is 1.86 bits per heavy atom. The zero-order valence-electron chi connectivity index (χ0n) is 13.9. The van der Waals surface area contributed by atoms with Crippen LogP contribution in [-0.4, -0.2) is 31.6 Å². The van der Waals surface area contributed by atoms with Crippen LogP contribution in [0.1, 0.15) is 43.6 Å². The molecule has 5 heteroatoms. The lowest BCUT2D eigenvalue weighted by Crippen LogP contribution is -2.34. The minimum absolute atomic E-state index is 0.301. The molecule has 0 bridgehead atoms. The van der Waals surface area contributed by atoms with E-state index in [1.807, 2.05) is 13.8 Å². The van der Waals surface area contributed by atoms with E-state index in [1.165, 1.54) is 14.2 Å². The standard InChI is InChI=1S/C17H22O5/c1-16(2)9-11-7-10(8-12(20-5)13(11)22-16)14(18)17(3,4)15(19)21-6/h7-8H,9H2,1-6H3. The largest absolute Gasteiger partial charge is 0.493 e. The third-order valence-electron chi connectivity index (χ3n) is 3.87. The second kappa shape index (κ2) is 5.30. The van der Waals surface area contributed by atoms with Crippen LogP contribution in [0.25, 0.3) is 0 Å². The van der Waals surface area contributed by atoms with Gasteiger partial charge < -0.3 is 14.2 Å². The van der Waals surface area contributed by atoms with Crippen molar-refractivity contribution in [2.45, 2.75) is 39.7 Å². The van der Waals surface area contributed by atoms with E-state index in [2.05, 4.69) is 0 Å². The van der Waals surface area contributed by atoms with E-state index in [4.69, 9.17) is 14.2 Å². The fourth-order valence-corrected chi connectivity index (χ4v) is 2.67. The second-order valence-electron chi connectivity index (χ2n) is 6.65. The van der Waals surface area contributed by atoms with Gasteiger partial charge in [-0.15, -0.1) is 0 Å². The number of esters is 1. The maximum absolute atomic E-state index is 12.7. The van der Waals surface area contributed by atoms with Gasteiger partial charge in [-0.1, -0.05) is 0 Å². The van der Waals surface area contributed by atoms with Crippen LogP contribution in [0.2, 0.25) is 0 Å². The van der Waals surface area contributed by atoms with Gasteiger partial charge >= 0.3 is 5.97 Å². The first-order valence-corrected chi connectivity index (χ1v) is 7.15. The molecule has 0 saturated heterocycles. The molecule has 0 unspecified atom stereocenters. The smallest absolute Gasteiger partial charge is 0.319 e. The van der Waals surface area contributed by atoms with Crippen molar-refractivity contribution in [3.8, 4) is 11.5 Å². The lowest BCUT2D eigenvalue weighted by Gasteiger charge is -2.21. The molecule has 0 fully saturated rings. The van der Waals surface area contributed by atoms with Crippen molar-refractivity contribution in [1.29, 1.82) is 0 Å². The maximum atomic E-state index is 12.7. The van der Waals surface area contributed by atoms with Crippen LogP contribution in [0, 0.1) is 5.41 Å². The number of carbonyl (C=O) groups is 2. The van der Waals surface area contributed by atoms with Gasteiger partial charge in [-0.05, 0) is 39.8 Å². The first-order chi connectivity index (χ1) is 10.1. The third-order valence-corrected chi connectivity index (χ3v) is 3.87. The van der Waals surface area contributed by atoms with Gasteiger partial charge in [-0.2, -0.15) is 0 Å². The average molecular weight is 306 g/mol. The Balaban J connectivity index is 2.47. The van der Waals surface area contributed by atoms with Crippen molar-refractivity contribution < 1.29 is 23.8 Å². The Morgan fingerprint density at radius 3 is 2.41 bits per heavy atom. The van der Waals surface area contributed by atoms with Crippen LogP contribution in [0.5, 0.6) is 11.5 Å². The quantitative estimate of drug-likeness (QED) is 0.486. The lowest BCUT2D eigenvalue weighted by atomic mass is 9.83. The van der Waals surface area contributed by atoms with Gasteiger partial charge in [0.15, 0.2) is 17.3 Å². The molecule has 0 N–H and O–H groups in total. The van der Waals surface area contributed by atoms with E-state index >= 15 is 0 Å². The van der Waals surface area contributed by atoms with Gasteiger partial charge in [0.2, 0.25) is 0 Å². The summed E-state index contributed by atoms with van der Waals surface area (Å²) in [5.74, 6) is 0.311. The minimum atomic E-state index is -1.25. The summed E-state index contributed by atoms with van der Waals surface area (Å²) in [4.78, 5) is 24.5. The molecular formula is C17H22O5. The number of rotatable bonds is 4. The van der Waals surface area contributed by atoms with Gasteiger partial charge in [-0.25, -0.2) is 0 Å². The summed E-state index contributed by atoms with van der Waals surface area (Å²) in [5.41, 5.74) is -0.251. The Labute approximate surface area is 130 Å². The van der Waals surface area contributed by atoms with Crippen molar-refractivity contribution >= 4 is 11.8 Å². The number of hydrogen-bond donors (Lipinski definition) is 0. The van der Waals surface area contributed by atoms with Crippen molar-refractivity contribution in [2.75, 3.05) is 14.2 Å². The molecule has 0 amide bonds. The van der Waals surface area contributed by atoms with Crippen LogP contribution < -0.4 is 9.47 Å². The van der Waals surface area contributed by atoms with E-state index in [-0.39, 0.29) is 11.4 Å². The lowest BCUT2D eigenvalue weighted by molar-refractivity contribution is -0.147. The average Bonchev–Trinajstić information content (AvgIpc) is 2.77. The number of methoxy groups -OCH3 is 2. The molecule has 0 aliphatic carbocycles. The third kappa shape index (κ3) is 2.67. The molecule has 0 radical (unpaired) electrons. The molecule has 5 nitrogen and oxygen atoms in total. The molecule has 120 valence electrons. The van der Waals surface area contributed by atoms with E-state index < -0.39 is 11.4 Å². The predicted octanol–water partition coefficient (Wildman–Crippen LogP) is 2.79. The maximum Gasteiger partial charge on any atom is 0.319 e. The summed E-state index contributed by atoms with van der Waals surface area (Å²) in [6.07, 6.45) is 0.679. The number of fused-ring (bicyclic) bond motifs is 1. The van der Waals surface area contributed by atoms with Crippen molar-refractivity contribution in [2.24, 2.45) is 5.41 Å². The number of hydrogen-bond acceptors (Lipinski definition) is 5. The fraction of sp³-hybridized carbons (Fsp3) is 0.529. The normalized spacial score (nSPS) is 15.7. The highest BCUT2D eigenvalue weighted by molar-refractivity contribution is 6.12. The molecule has 0 spiro atoms. The van der Waals surface area contributed by atoms with Gasteiger partial charge in [-0.3, -0.25) is 9.59 Å². The Bertz CT molecular complexity index is 628. The zero-order chi connectivity index (χ0) is 16.7. The van der Waals surface area contributed by atoms with Gasteiger partial charge in [0.25, 0.3) is 0 Å². The Morgan fingerprint density at radius 1 is 1.23 bits per heavy atom. The van der Waals surface area contributed by atoms with Gasteiger partial charge in [0, 0.05) is 17.5 Å². The van der Waals surface area contributed by atoms with Crippen molar-refractivity contribution in [1.82, 2.24) is 0 Å². The van der Waals surface area contributed by atoms with E-state index in [9.17, 15) is 9.59 Å². The summed E-state index contributed by atoms with van der Waals surface area (Å²) < 4.78 is 15.9. The molecule has 1 aromatic rings. The highest BCUT2D eigenvalue weighted by Crippen LogP contribution is 2.43. The monoisotopic (exact) mass is 306 g/mol. The summed E-state index contributed by atoms with van der Waals surface area (Å²) in [6.45, 7) is 7.07. The predicted molar refractivity (Wildman–Crippen MR) is 81.5 cm³/mol. The van der Waals surface area contributed by atoms with E-state index in [1.54, 1.807) is 26.0 Å². The highest BCUT2D eigenvalue weighted by atomic mass is 16.5. The van der Waals surface area contributed by atoms with E-state index in [0.717, 1.165) is 5.56 Å². The van der Waals surface area contributed by atoms with Crippen LogP contribution >= 0.6 is 0 Å². The molecule has 1 aliphatic heterocycles. The van der Waals surface area contributed by atoms with Crippen LogP contribution in [0.3, 0.4) is 0 Å². The summed E-state index contributed by atoms with van der Waals surface area (Å²) in [5, 5.41) is 0. The number of carbonyl (C=O) groups excluding carboxylic acids is 2. The highest BCUT2D eigenvalue weighted by Gasteiger charge is 2.40. The van der Waals surface area contributed by atoms with Crippen molar-refractivity contribution in [3.05, 3.63) is 23.3 Å². The Hall–Kier alpha value is -2.04. The van der Waals surface area contributed by atoms with E-state index in [0.29, 0.717) is 23.5 Å². The summed E-state index contributed by atoms with van der Waals surface area (Å²) in [7, 11) is 2.81. The van der Waals surface area contributed by atoms with Gasteiger partial charge in [0.1, 0.15) is 11.0 Å². The zero-order valence-corrected chi connectivity index (χ0v) is 13.9. The second-order valence-corrected chi connectivity index (χ2v) is 6.65. The number of Topliss-reactive ketones (excluding diaryl/α,β-unsaturated/α-hetero) is 1. The van der Waals surface area contributed by atoms with Gasteiger partial charge in [0.05, 0.1) is 14.2 Å². The number of ether oxygens (including phenoxy) is 3. The van der Waals surface area contributed by atoms with Crippen molar-refractivity contribution in [3.63, 3.8) is 0 Å². The molecule has 1 heterocycles. The van der Waals surface area contributed by atoms with Crippen LogP contribution in [-0.2, 0) is 16.0 Å². The topological polar surface area (TPSA) is 61.8 Å². The molecule has 2 rings (SSSR count). The molecular weight excluding hydrogens is 284 g/mol. The first-order valence-electron chi connectivity index (χ1n) is 7.15. The van der Waals surface area contributed by atoms with Crippen LogP contribution in [0.4, 0.5) is 0 Å². The molecule has 1 aromatic carbocycles. The number of benzene rings is 1. The van der Waals surface area contributed by atoms with Crippen LogP contribution in [0.15, 0.2) is 12.1 Å². The summed E-state index contributed by atoms with van der Waals surface area (Å²) in [6, 6.07) is 3.40. The molecule has 0 saturated carbocycles. The molecule has 0 aromatic heterocycles. The molecule has 22 heavy (non-hydrogen) atoms. The number of ketones is 1. The summed E-state index contributed by atoms with van der Waals surface area (Å²) >= 11 is 0. The minimum Gasteiger partial charge on any atom is -0.493 e. The molecule has 1 aliphatic rings. The fourth-order valence-electron chi connectivity index (χ4n) is 2.67. The SMILES string of the molecule is COC(=O)C(C)(C)C(=O)c1cc2c(c(OC)c1)OC(C)(C)C2.